The lowest BCUT2D eigenvalue weighted by atomic mass is 10.1. The fraction of sp³-hybridized carbons (Fsp3) is 0.731. The summed E-state index contributed by atoms with van der Waals surface area (Å²) in [7, 11) is 0. The molecule has 1 heterocycles. The minimum atomic E-state index is -1.07. The van der Waals surface area contributed by atoms with Crippen molar-refractivity contribution in [3.05, 3.63) is 18.2 Å². The highest BCUT2D eigenvalue weighted by Gasteiger charge is 2.21. The number of carbonyl (C=O) groups excluding carboxylic acids is 3. The Kier molecular flexibility index (Phi) is 20.3. The summed E-state index contributed by atoms with van der Waals surface area (Å²) < 4.78 is 21.0. The van der Waals surface area contributed by atoms with Crippen LogP contribution in [-0.2, 0) is 44.5 Å². The van der Waals surface area contributed by atoms with Crippen molar-refractivity contribution in [1.29, 1.82) is 0 Å². The van der Waals surface area contributed by atoms with Gasteiger partial charge in [-0.25, -0.2) is 10.7 Å². The first-order chi connectivity index (χ1) is 19.3. The summed E-state index contributed by atoms with van der Waals surface area (Å²) in [4.78, 5) is 53.8. The van der Waals surface area contributed by atoms with E-state index in [0.717, 1.165) is 0 Å². The van der Waals surface area contributed by atoms with E-state index >= 15 is 0 Å². The van der Waals surface area contributed by atoms with E-state index in [0.29, 0.717) is 71.0 Å². The molecular formula is C26H44N5O9. The van der Waals surface area contributed by atoms with Crippen LogP contribution < -0.4 is 16.4 Å². The van der Waals surface area contributed by atoms with Crippen molar-refractivity contribution in [3.63, 3.8) is 0 Å². The van der Waals surface area contributed by atoms with Crippen LogP contribution in [0.3, 0.4) is 0 Å². The maximum atomic E-state index is 12.1. The summed E-state index contributed by atoms with van der Waals surface area (Å²) in [6.07, 6.45) is 5.51. The normalized spacial score (nSPS) is 12.7. The molecule has 0 bridgehead atoms. The molecular weight excluding hydrogens is 526 g/mol. The SMILES string of the molecule is CCOCCOCC(=O)CCCOCCOCC(=O)NCCCC[C@H](NCC(=O)[C@@H]([NH])Cc1cnc[nH]1)C(=O)O. The van der Waals surface area contributed by atoms with Crippen LogP contribution in [0.2, 0.25) is 0 Å². The van der Waals surface area contributed by atoms with E-state index in [1.807, 2.05) is 6.92 Å². The molecule has 0 fully saturated rings. The van der Waals surface area contributed by atoms with Gasteiger partial charge in [-0.2, -0.15) is 0 Å². The van der Waals surface area contributed by atoms with Crippen LogP contribution in [0.4, 0.5) is 0 Å². The van der Waals surface area contributed by atoms with Crippen LogP contribution in [0.15, 0.2) is 12.5 Å². The number of hydrogen-bond acceptors (Lipinski definition) is 10. The van der Waals surface area contributed by atoms with Crippen molar-refractivity contribution in [3.8, 4) is 0 Å². The number of amides is 1. The maximum Gasteiger partial charge on any atom is 0.320 e. The van der Waals surface area contributed by atoms with Gasteiger partial charge in [-0.1, -0.05) is 0 Å². The zero-order valence-electron chi connectivity index (χ0n) is 23.3. The Morgan fingerprint density at radius 1 is 1.00 bits per heavy atom. The molecule has 1 aromatic heterocycles. The number of carbonyl (C=O) groups is 4. The molecule has 0 saturated heterocycles. The molecule has 0 saturated carbocycles. The number of aromatic amines is 1. The number of carboxylic acids is 1. The van der Waals surface area contributed by atoms with Gasteiger partial charge in [0.1, 0.15) is 19.3 Å². The number of ether oxygens (including phenoxy) is 4. The van der Waals surface area contributed by atoms with Crippen LogP contribution >= 0.6 is 0 Å². The molecule has 1 aromatic rings. The van der Waals surface area contributed by atoms with Gasteiger partial charge in [0.05, 0.1) is 45.3 Å². The Balaban J connectivity index is 1.99. The van der Waals surface area contributed by atoms with Crippen molar-refractivity contribution < 1.29 is 43.2 Å². The summed E-state index contributed by atoms with van der Waals surface area (Å²) in [5, 5.41) is 14.8. The Morgan fingerprint density at radius 3 is 2.42 bits per heavy atom. The van der Waals surface area contributed by atoms with E-state index in [1.165, 1.54) is 6.33 Å². The first-order valence-corrected chi connectivity index (χ1v) is 13.6. The van der Waals surface area contributed by atoms with E-state index in [2.05, 4.69) is 20.6 Å². The third-order valence-electron chi connectivity index (χ3n) is 5.62. The maximum absolute atomic E-state index is 12.1. The lowest BCUT2D eigenvalue weighted by molar-refractivity contribution is -0.139. The van der Waals surface area contributed by atoms with E-state index in [9.17, 15) is 24.3 Å². The fourth-order valence-electron chi connectivity index (χ4n) is 3.42. The zero-order chi connectivity index (χ0) is 29.4. The van der Waals surface area contributed by atoms with Crippen LogP contribution in [-0.4, -0.2) is 117 Å². The largest absolute Gasteiger partial charge is 0.480 e. The second-order valence-corrected chi connectivity index (χ2v) is 8.97. The van der Waals surface area contributed by atoms with Gasteiger partial charge in [-0.05, 0) is 32.6 Å². The number of unbranched alkanes of at least 4 members (excludes halogenated alkanes) is 1. The zero-order valence-corrected chi connectivity index (χ0v) is 23.3. The van der Waals surface area contributed by atoms with Crippen molar-refractivity contribution >= 4 is 23.4 Å². The molecule has 0 unspecified atom stereocenters. The number of ketones is 2. The van der Waals surface area contributed by atoms with Gasteiger partial charge in [0, 0.05) is 44.5 Å². The Labute approximate surface area is 235 Å². The minimum absolute atomic E-state index is 0.0114. The molecule has 14 heteroatoms. The first-order valence-electron chi connectivity index (χ1n) is 13.6. The van der Waals surface area contributed by atoms with E-state index in [-0.39, 0.29) is 50.9 Å². The van der Waals surface area contributed by atoms with Crippen molar-refractivity contribution in [2.75, 3.05) is 65.9 Å². The van der Waals surface area contributed by atoms with Gasteiger partial charge in [0.15, 0.2) is 11.6 Å². The van der Waals surface area contributed by atoms with Gasteiger partial charge < -0.3 is 34.4 Å². The van der Waals surface area contributed by atoms with Crippen molar-refractivity contribution in [2.24, 2.45) is 0 Å². The summed E-state index contributed by atoms with van der Waals surface area (Å²) in [6, 6.07) is -1.93. The molecule has 0 spiro atoms. The van der Waals surface area contributed by atoms with E-state index < -0.39 is 23.8 Å². The second-order valence-electron chi connectivity index (χ2n) is 8.97. The predicted molar refractivity (Wildman–Crippen MR) is 144 cm³/mol. The Bertz CT molecular complexity index is 839. The quantitative estimate of drug-likeness (QED) is 0.103. The molecule has 0 aliphatic carbocycles. The molecule has 1 radical (unpaired) electrons. The van der Waals surface area contributed by atoms with Gasteiger partial charge in [-0.15, -0.1) is 0 Å². The third-order valence-corrected chi connectivity index (χ3v) is 5.62. The minimum Gasteiger partial charge on any atom is -0.480 e. The standard InChI is InChI=1S/C26H44N5O9/c1-2-37-10-12-39-17-21(32)6-5-9-38-11-13-40-18-25(34)29-8-4-3-7-23(26(35)36)30-16-24(33)22(27)14-20-15-28-19-31-20/h15,19,22-23,27,30H,2-14,16-18H2,1H3,(H,28,31)(H,29,34)(H,35,36)/t22-,23-/m0/s1. The molecule has 14 nitrogen and oxygen atoms in total. The molecule has 2 atom stereocenters. The number of nitrogens with one attached hydrogen (secondary N) is 4. The summed E-state index contributed by atoms with van der Waals surface area (Å²) in [6.45, 7) is 4.47. The number of imidazole rings is 1. The predicted octanol–water partition coefficient (Wildman–Crippen LogP) is -0.0623. The van der Waals surface area contributed by atoms with Crippen LogP contribution in [0.5, 0.6) is 0 Å². The summed E-state index contributed by atoms with van der Waals surface area (Å²) in [5.74, 6) is -1.75. The molecule has 1 amide bonds. The van der Waals surface area contributed by atoms with Crippen molar-refractivity contribution in [2.45, 2.75) is 57.5 Å². The number of rotatable bonds is 27. The molecule has 5 N–H and O–H groups in total. The highest BCUT2D eigenvalue weighted by molar-refractivity contribution is 5.86. The molecule has 0 aromatic carbocycles. The van der Waals surface area contributed by atoms with Gasteiger partial charge in [-0.3, -0.25) is 24.5 Å². The number of Topliss-reactive ketones (excluding diaryl/α,β-unsaturated/α-hetero) is 2. The van der Waals surface area contributed by atoms with Crippen LogP contribution in [0, 0.1) is 0 Å². The van der Waals surface area contributed by atoms with Gasteiger partial charge in [0.2, 0.25) is 5.91 Å². The highest BCUT2D eigenvalue weighted by atomic mass is 16.5. The van der Waals surface area contributed by atoms with Crippen LogP contribution in [0.25, 0.3) is 0 Å². The molecule has 0 aliphatic heterocycles. The smallest absolute Gasteiger partial charge is 0.320 e. The topological polar surface area (TPSA) is 202 Å². The molecule has 0 aliphatic rings. The first kappa shape index (κ1) is 35.3. The average molecular weight is 571 g/mol. The third kappa shape index (κ3) is 18.5. The van der Waals surface area contributed by atoms with Crippen LogP contribution in [0.1, 0.15) is 44.7 Å². The summed E-state index contributed by atoms with van der Waals surface area (Å²) in [5.41, 5.74) is 8.59. The average Bonchev–Trinajstić information content (AvgIpc) is 3.44. The monoisotopic (exact) mass is 570 g/mol. The highest BCUT2D eigenvalue weighted by Crippen LogP contribution is 2.03. The number of nitrogens with zero attached hydrogens (tertiary/aromatic N) is 1. The molecule has 227 valence electrons. The van der Waals surface area contributed by atoms with Gasteiger partial charge in [0.25, 0.3) is 0 Å². The van der Waals surface area contributed by atoms with Crippen molar-refractivity contribution in [1.82, 2.24) is 26.3 Å². The number of aromatic nitrogens is 2. The number of H-pyrrole nitrogens is 1. The number of hydrogen-bond donors (Lipinski definition) is 4. The molecule has 1 rings (SSSR count). The lowest BCUT2D eigenvalue weighted by Gasteiger charge is -2.15. The van der Waals surface area contributed by atoms with E-state index in [4.69, 9.17) is 24.7 Å². The molecule has 40 heavy (non-hydrogen) atoms. The second kappa shape index (κ2) is 23.0. The fourth-order valence-corrected chi connectivity index (χ4v) is 3.42. The number of carboxylic acid groups (broad SMARTS) is 1. The Morgan fingerprint density at radius 2 is 1.73 bits per heavy atom. The van der Waals surface area contributed by atoms with E-state index in [1.54, 1.807) is 6.20 Å². The van der Waals surface area contributed by atoms with Gasteiger partial charge >= 0.3 is 5.97 Å². The Hall–Kier alpha value is -2.75. The lowest BCUT2D eigenvalue weighted by Crippen LogP contribution is -2.43. The number of aliphatic carboxylic acids is 1. The summed E-state index contributed by atoms with van der Waals surface area (Å²) >= 11 is 0.